The van der Waals surface area contributed by atoms with Crippen LogP contribution >= 0.6 is 43.2 Å². The summed E-state index contributed by atoms with van der Waals surface area (Å²) in [6.45, 7) is 12.2. The molecular weight excluding hydrogens is 394 g/mol. The number of rotatable bonds is 5. The first kappa shape index (κ1) is 16.8. The van der Waals surface area contributed by atoms with E-state index in [1.165, 1.54) is 0 Å². The second-order valence-electron chi connectivity index (χ2n) is 5.90. The van der Waals surface area contributed by atoms with E-state index >= 15 is 0 Å². The topological polar surface area (TPSA) is 22.1 Å². The van der Waals surface area contributed by atoms with Crippen molar-refractivity contribution >= 4 is 51.5 Å². The first-order chi connectivity index (χ1) is 8.13. The maximum absolute atomic E-state index is 6.15. The van der Waals surface area contributed by atoms with E-state index < -0.39 is 8.32 Å². The highest BCUT2D eigenvalue weighted by Gasteiger charge is 2.36. The van der Waals surface area contributed by atoms with Crippen molar-refractivity contribution in [1.82, 2.24) is 4.98 Å². The van der Waals surface area contributed by atoms with Gasteiger partial charge in [0.05, 0.1) is 9.48 Å². The lowest BCUT2D eigenvalue weighted by molar-refractivity contribution is 0.282. The predicted molar refractivity (Wildman–Crippen MR) is 89.0 cm³/mol. The highest BCUT2D eigenvalue weighted by Crippen LogP contribution is 2.36. The zero-order valence-electron chi connectivity index (χ0n) is 11.6. The minimum atomic E-state index is -1.59. The van der Waals surface area contributed by atoms with Gasteiger partial charge in [-0.2, -0.15) is 0 Å². The van der Waals surface area contributed by atoms with Gasteiger partial charge in [-0.15, -0.1) is 0 Å². The van der Waals surface area contributed by atoms with Crippen molar-refractivity contribution in [3.8, 4) is 0 Å². The fourth-order valence-electron chi connectivity index (χ4n) is 1.24. The molecule has 0 aromatic carbocycles. The molecule has 0 aliphatic carbocycles. The van der Waals surface area contributed by atoms with Gasteiger partial charge >= 0.3 is 0 Å². The van der Waals surface area contributed by atoms with Gasteiger partial charge in [-0.1, -0.05) is 32.1 Å². The van der Waals surface area contributed by atoms with Crippen LogP contribution < -0.4 is 0 Å². The molecule has 0 amide bonds. The van der Waals surface area contributed by atoms with Crippen molar-refractivity contribution < 1.29 is 4.43 Å². The van der Waals surface area contributed by atoms with Crippen LogP contribution in [0.15, 0.2) is 7.70 Å². The quantitative estimate of drug-likeness (QED) is 0.460. The summed E-state index contributed by atoms with van der Waals surface area (Å²) in [6.07, 6.45) is 2.00. The Bertz CT molecular complexity index is 401. The normalized spacial score (nSPS) is 13.1. The molecule has 0 bridgehead atoms. The van der Waals surface area contributed by atoms with Crippen molar-refractivity contribution in [1.29, 1.82) is 0 Å². The third-order valence-electron chi connectivity index (χ3n) is 3.45. The lowest BCUT2D eigenvalue weighted by atomic mass is 10.2. The molecule has 0 aliphatic heterocycles. The Hall–Kier alpha value is 0.767. The molecule has 0 fully saturated rings. The van der Waals surface area contributed by atoms with Gasteiger partial charge in [0, 0.05) is 6.61 Å². The molecule has 1 rings (SSSR count). The molecule has 1 aromatic heterocycles. The van der Waals surface area contributed by atoms with Gasteiger partial charge < -0.3 is 4.43 Å². The third-order valence-corrected chi connectivity index (χ3v) is 10.3. The van der Waals surface area contributed by atoms with E-state index in [4.69, 9.17) is 4.43 Å². The molecule has 104 valence electrons. The van der Waals surface area contributed by atoms with Crippen LogP contribution in [-0.2, 0) is 10.8 Å². The molecule has 18 heavy (non-hydrogen) atoms. The van der Waals surface area contributed by atoms with Gasteiger partial charge in [-0.25, -0.2) is 4.98 Å². The summed E-state index contributed by atoms with van der Waals surface area (Å²) in [5.41, 5.74) is 1.13. The Morgan fingerprint density at radius 3 is 2.33 bits per heavy atom. The van der Waals surface area contributed by atoms with Crippen LogP contribution in [0.25, 0.3) is 0 Å². The standard InChI is InChI=1S/C12H21Br2NOSSi/c1-12(2,3)18(4,5)16-8-6-7-9-10(13)17-11(14)15-9/h6-8H2,1-5H3. The molecule has 0 saturated carbocycles. The van der Waals surface area contributed by atoms with Crippen molar-refractivity contribution in [3.05, 3.63) is 13.4 Å². The molecule has 2 nitrogen and oxygen atoms in total. The van der Waals surface area contributed by atoms with Crippen LogP contribution in [0.3, 0.4) is 0 Å². The number of halogens is 2. The Morgan fingerprint density at radius 1 is 1.28 bits per heavy atom. The Balaban J connectivity index is 2.38. The second-order valence-corrected chi connectivity index (χ2v) is 14.3. The molecule has 6 heteroatoms. The first-order valence-electron chi connectivity index (χ1n) is 6.08. The van der Waals surface area contributed by atoms with Crippen LogP contribution in [0.1, 0.15) is 32.9 Å². The fourth-order valence-corrected chi connectivity index (χ4v) is 5.00. The van der Waals surface area contributed by atoms with Gasteiger partial charge in [-0.05, 0) is 62.8 Å². The van der Waals surface area contributed by atoms with E-state index in [-0.39, 0.29) is 5.04 Å². The number of aromatic nitrogens is 1. The van der Waals surface area contributed by atoms with E-state index in [0.29, 0.717) is 0 Å². The summed E-state index contributed by atoms with van der Waals surface area (Å²) in [7, 11) is -1.59. The number of aryl methyl sites for hydroxylation is 1. The van der Waals surface area contributed by atoms with E-state index in [2.05, 4.69) is 70.7 Å². The molecule has 0 saturated heterocycles. The van der Waals surface area contributed by atoms with Gasteiger partial charge in [0.15, 0.2) is 12.2 Å². The highest BCUT2D eigenvalue weighted by atomic mass is 79.9. The first-order valence-corrected chi connectivity index (χ1v) is 11.4. The predicted octanol–water partition coefficient (Wildman–Crippen LogP) is 5.62. The summed E-state index contributed by atoms with van der Waals surface area (Å²) < 4.78 is 8.22. The molecule has 1 aromatic rings. The molecule has 1 heterocycles. The average molecular weight is 415 g/mol. The summed E-state index contributed by atoms with van der Waals surface area (Å²) in [6, 6.07) is 0. The number of nitrogens with zero attached hydrogens (tertiary/aromatic N) is 1. The fraction of sp³-hybridized carbons (Fsp3) is 0.750. The zero-order valence-corrected chi connectivity index (χ0v) is 16.6. The molecule has 0 spiro atoms. The molecule has 0 aliphatic rings. The van der Waals surface area contributed by atoms with E-state index in [0.717, 1.165) is 32.8 Å². The van der Waals surface area contributed by atoms with Crippen molar-refractivity contribution in [2.24, 2.45) is 0 Å². The van der Waals surface area contributed by atoms with Gasteiger partial charge in [0.25, 0.3) is 0 Å². The van der Waals surface area contributed by atoms with Gasteiger partial charge in [-0.3, -0.25) is 0 Å². The number of hydrogen-bond donors (Lipinski definition) is 0. The highest BCUT2D eigenvalue weighted by molar-refractivity contribution is 9.12. The molecular formula is C12H21Br2NOSSi. The Labute approximate surface area is 132 Å². The van der Waals surface area contributed by atoms with Gasteiger partial charge in [0.2, 0.25) is 0 Å². The average Bonchev–Trinajstić information content (AvgIpc) is 2.50. The maximum atomic E-state index is 6.15. The van der Waals surface area contributed by atoms with Crippen LogP contribution in [0, 0.1) is 0 Å². The second kappa shape index (κ2) is 6.48. The van der Waals surface area contributed by atoms with Crippen LogP contribution in [0.2, 0.25) is 18.1 Å². The zero-order chi connectivity index (χ0) is 14.0. The van der Waals surface area contributed by atoms with Gasteiger partial charge in [0.1, 0.15) is 0 Å². The van der Waals surface area contributed by atoms with Crippen molar-refractivity contribution in [3.63, 3.8) is 0 Å². The summed E-state index contributed by atoms with van der Waals surface area (Å²) >= 11 is 8.56. The maximum Gasteiger partial charge on any atom is 0.191 e. The molecule has 0 unspecified atom stereocenters. The van der Waals surface area contributed by atoms with Crippen molar-refractivity contribution in [2.75, 3.05) is 6.61 Å². The molecule has 0 radical (unpaired) electrons. The van der Waals surface area contributed by atoms with Crippen LogP contribution in [0.4, 0.5) is 0 Å². The van der Waals surface area contributed by atoms with Crippen LogP contribution in [0.5, 0.6) is 0 Å². The Kier molecular flexibility index (Phi) is 6.05. The lowest BCUT2D eigenvalue weighted by Gasteiger charge is -2.36. The monoisotopic (exact) mass is 413 g/mol. The molecule has 0 N–H and O–H groups in total. The molecule has 0 atom stereocenters. The SMILES string of the molecule is CC(C)(C)[Si](C)(C)OCCCc1nc(Br)sc1Br. The Morgan fingerprint density at radius 2 is 1.89 bits per heavy atom. The summed E-state index contributed by atoms with van der Waals surface area (Å²) in [5, 5.41) is 0.289. The van der Waals surface area contributed by atoms with Crippen molar-refractivity contribution in [2.45, 2.75) is 51.7 Å². The number of hydrogen-bond acceptors (Lipinski definition) is 3. The van der Waals surface area contributed by atoms with Crippen LogP contribution in [-0.4, -0.2) is 19.9 Å². The number of thiazole rings is 1. The minimum Gasteiger partial charge on any atom is -0.417 e. The minimum absolute atomic E-state index is 0.289. The summed E-state index contributed by atoms with van der Waals surface area (Å²) in [5.74, 6) is 0. The largest absolute Gasteiger partial charge is 0.417 e. The summed E-state index contributed by atoms with van der Waals surface area (Å²) in [4.78, 5) is 4.44. The smallest absolute Gasteiger partial charge is 0.191 e. The van der Waals surface area contributed by atoms with E-state index in [9.17, 15) is 0 Å². The lowest BCUT2D eigenvalue weighted by Crippen LogP contribution is -2.41. The third kappa shape index (κ3) is 4.70. The van der Waals surface area contributed by atoms with E-state index in [1.54, 1.807) is 11.3 Å². The van der Waals surface area contributed by atoms with E-state index in [1.807, 2.05) is 0 Å².